The van der Waals surface area contributed by atoms with Crippen LogP contribution in [0.15, 0.2) is 240 Å². The highest BCUT2D eigenvalue weighted by Crippen LogP contribution is 2.66. The molecule has 1 heterocycles. The third-order valence-electron chi connectivity index (χ3n) is 15.3. The predicted octanol–water partition coefficient (Wildman–Crippen LogP) is 15.2. The van der Waals surface area contributed by atoms with Crippen molar-refractivity contribution in [3.8, 4) is 22.3 Å². The van der Waals surface area contributed by atoms with E-state index in [1.165, 1.54) is 82.4 Å². The Balaban J connectivity index is 0.930. The molecule has 4 atom stereocenters. The van der Waals surface area contributed by atoms with Crippen molar-refractivity contribution in [3.63, 3.8) is 0 Å². The van der Waals surface area contributed by atoms with E-state index in [9.17, 15) is 0 Å². The number of amidine groups is 2. The van der Waals surface area contributed by atoms with Gasteiger partial charge in [-0.25, -0.2) is 9.98 Å². The number of benzene rings is 9. The lowest BCUT2D eigenvalue weighted by molar-refractivity contribution is 0.462. The van der Waals surface area contributed by atoms with Crippen LogP contribution < -0.4 is 5.32 Å². The zero-order valence-electron chi connectivity index (χ0n) is 36.9. The van der Waals surface area contributed by atoms with Crippen molar-refractivity contribution in [1.29, 1.82) is 0 Å². The average molecular weight is 856 g/mol. The summed E-state index contributed by atoms with van der Waals surface area (Å²) in [6, 6.07) is 69.2. The number of hydrogen-bond acceptors (Lipinski definition) is 3. The quantitative estimate of drug-likeness (QED) is 0.172. The lowest BCUT2D eigenvalue weighted by Crippen LogP contribution is -2.33. The molecule has 316 valence electrons. The largest absolute Gasteiger partial charge is 0.344 e. The Labute approximate surface area is 390 Å². The van der Waals surface area contributed by atoms with Gasteiger partial charge >= 0.3 is 0 Å². The Morgan fingerprint density at radius 2 is 1.19 bits per heavy atom. The topological polar surface area (TPSA) is 36.8 Å². The Morgan fingerprint density at radius 1 is 0.507 bits per heavy atom. The van der Waals surface area contributed by atoms with Gasteiger partial charge < -0.3 is 5.32 Å². The van der Waals surface area contributed by atoms with Gasteiger partial charge in [0.05, 0.1) is 5.41 Å². The summed E-state index contributed by atoms with van der Waals surface area (Å²) in [5.74, 6) is 2.18. The fraction of sp³-hybridized carbons (Fsp3) is 0.0938. The molecule has 0 bridgehead atoms. The molecule has 0 saturated carbocycles. The summed E-state index contributed by atoms with van der Waals surface area (Å²) in [7, 11) is 0. The lowest BCUT2D eigenvalue weighted by Gasteiger charge is -2.37. The molecule has 9 aromatic carbocycles. The van der Waals surface area contributed by atoms with Gasteiger partial charge in [0, 0.05) is 23.0 Å². The maximum atomic E-state index is 5.23. The molecule has 1 N–H and O–H groups in total. The molecule has 4 aliphatic carbocycles. The highest BCUT2D eigenvalue weighted by Gasteiger charge is 2.57. The molecule has 3 nitrogen and oxygen atoms in total. The molecule has 0 aromatic heterocycles. The van der Waals surface area contributed by atoms with E-state index in [1.807, 2.05) is 12.1 Å². The molecule has 1 spiro atoms. The summed E-state index contributed by atoms with van der Waals surface area (Å²) in [6.45, 7) is 0. The summed E-state index contributed by atoms with van der Waals surface area (Å²) in [6.07, 6.45) is 16.3. The van der Waals surface area contributed by atoms with Gasteiger partial charge in [0.2, 0.25) is 0 Å². The van der Waals surface area contributed by atoms with E-state index in [1.54, 1.807) is 0 Å². The molecule has 0 amide bonds. The molecule has 4 unspecified atom stereocenters. The monoisotopic (exact) mass is 855 g/mol. The average Bonchev–Trinajstić information content (AvgIpc) is 3.88. The van der Waals surface area contributed by atoms with Crippen LogP contribution >= 0.6 is 0 Å². The van der Waals surface area contributed by atoms with E-state index in [0.717, 1.165) is 40.9 Å². The first-order chi connectivity index (χ1) is 33.2. The van der Waals surface area contributed by atoms with Crippen LogP contribution in [0.3, 0.4) is 0 Å². The Kier molecular flexibility index (Phi) is 8.51. The summed E-state index contributed by atoms with van der Waals surface area (Å²) in [4.78, 5) is 10.4. The van der Waals surface area contributed by atoms with Crippen LogP contribution in [0.5, 0.6) is 0 Å². The molecular formula is C64H45N3. The minimum absolute atomic E-state index is 0.222. The van der Waals surface area contributed by atoms with Crippen LogP contribution in [0, 0.1) is 5.92 Å². The molecule has 0 saturated heterocycles. The molecule has 3 heteroatoms. The van der Waals surface area contributed by atoms with E-state index in [0.29, 0.717) is 17.7 Å². The molecule has 1 aliphatic heterocycles. The minimum atomic E-state index is -0.267. The summed E-state index contributed by atoms with van der Waals surface area (Å²) in [5, 5.41) is 11.1. The Morgan fingerprint density at radius 3 is 2.09 bits per heavy atom. The van der Waals surface area contributed by atoms with E-state index >= 15 is 0 Å². The van der Waals surface area contributed by atoms with E-state index in [4.69, 9.17) is 9.98 Å². The Bertz CT molecular complexity index is 3740. The van der Waals surface area contributed by atoms with Gasteiger partial charge in [0.15, 0.2) is 5.84 Å². The smallest absolute Gasteiger partial charge is 0.159 e. The highest BCUT2D eigenvalue weighted by atomic mass is 15.2. The van der Waals surface area contributed by atoms with Gasteiger partial charge in [-0.2, -0.15) is 0 Å². The van der Waals surface area contributed by atoms with Gasteiger partial charge in [-0.3, -0.25) is 0 Å². The van der Waals surface area contributed by atoms with Crippen LogP contribution in [-0.4, -0.2) is 11.7 Å². The summed E-state index contributed by atoms with van der Waals surface area (Å²) in [5.41, 5.74) is 16.6. The van der Waals surface area contributed by atoms with E-state index in [2.05, 4.69) is 218 Å². The first-order valence-electron chi connectivity index (χ1n) is 23.7. The summed E-state index contributed by atoms with van der Waals surface area (Å²) < 4.78 is 0. The molecule has 9 aromatic rings. The number of aliphatic imine (C=N–C) groups is 2. The van der Waals surface area contributed by atoms with Crippen LogP contribution in [0.2, 0.25) is 0 Å². The molecule has 5 aliphatic rings. The Hall–Kier alpha value is -8.14. The zero-order chi connectivity index (χ0) is 44.1. The number of fused-ring (bicyclic) bond motifs is 15. The molecule has 0 radical (unpaired) electrons. The number of nitrogens with one attached hydrogen (secondary N) is 1. The fourth-order valence-electron chi connectivity index (χ4n) is 12.4. The van der Waals surface area contributed by atoms with Crippen molar-refractivity contribution in [2.75, 3.05) is 0 Å². The maximum absolute atomic E-state index is 5.23. The second-order valence-electron chi connectivity index (χ2n) is 18.7. The van der Waals surface area contributed by atoms with Crippen LogP contribution in [0.1, 0.15) is 63.9 Å². The fourth-order valence-corrected chi connectivity index (χ4v) is 12.4. The van der Waals surface area contributed by atoms with Gasteiger partial charge in [-0.05, 0) is 125 Å². The van der Waals surface area contributed by atoms with Crippen molar-refractivity contribution in [3.05, 3.63) is 269 Å². The van der Waals surface area contributed by atoms with E-state index in [-0.39, 0.29) is 11.6 Å². The normalized spacial score (nSPS) is 21.0. The maximum Gasteiger partial charge on any atom is 0.159 e. The van der Waals surface area contributed by atoms with Gasteiger partial charge in [0.1, 0.15) is 12.0 Å². The van der Waals surface area contributed by atoms with E-state index < -0.39 is 0 Å². The molecule has 14 rings (SSSR count). The lowest BCUT2D eigenvalue weighted by atomic mass is 9.64. The standard InChI is InChI=1S/C64H45N3/c1-3-17-40(18-4-1)61-65-62(41-19-5-2-6-20-41)67-63(66-61)45-22-15-21-44(37-45)46-28-16-29-53-47-23-7-8-24-48(47)55-38-42(34-36-54(55)60(46)53)43-33-35-52-51-27-11-14-32-58(51)64(59(52)39-43)56-30-12-9-25-49(56)50-26-10-13-31-57(50)64/h1-9,11-25,27-39,51,58,61H,10,26H2,(H,65,66,67). The third kappa shape index (κ3) is 5.71. The first-order valence-corrected chi connectivity index (χ1v) is 23.7. The van der Waals surface area contributed by atoms with Crippen molar-refractivity contribution in [2.24, 2.45) is 15.9 Å². The van der Waals surface area contributed by atoms with Crippen molar-refractivity contribution in [2.45, 2.75) is 30.3 Å². The van der Waals surface area contributed by atoms with Crippen LogP contribution in [-0.2, 0) is 5.41 Å². The summed E-state index contributed by atoms with van der Waals surface area (Å²) >= 11 is 0. The number of allylic oxidation sites excluding steroid dienone is 8. The van der Waals surface area contributed by atoms with Crippen LogP contribution in [0.4, 0.5) is 0 Å². The molecule has 0 fully saturated rings. The number of rotatable bonds is 5. The second kappa shape index (κ2) is 15.0. The number of hydrogen-bond donors (Lipinski definition) is 1. The van der Waals surface area contributed by atoms with Crippen molar-refractivity contribution in [1.82, 2.24) is 5.32 Å². The molecule has 67 heavy (non-hydrogen) atoms. The predicted molar refractivity (Wildman–Crippen MR) is 279 cm³/mol. The highest BCUT2D eigenvalue weighted by molar-refractivity contribution is 6.29. The second-order valence-corrected chi connectivity index (χ2v) is 18.7. The van der Waals surface area contributed by atoms with Crippen molar-refractivity contribution < 1.29 is 0 Å². The number of nitrogens with zero attached hydrogens (tertiary/aromatic N) is 2. The zero-order valence-corrected chi connectivity index (χ0v) is 36.9. The first kappa shape index (κ1) is 38.2. The van der Waals surface area contributed by atoms with Gasteiger partial charge in [0.25, 0.3) is 0 Å². The van der Waals surface area contributed by atoms with Gasteiger partial charge in [-0.1, -0.05) is 206 Å². The third-order valence-corrected chi connectivity index (χ3v) is 15.3. The van der Waals surface area contributed by atoms with Crippen LogP contribution in [0.25, 0.3) is 60.1 Å². The van der Waals surface area contributed by atoms with Gasteiger partial charge in [-0.15, -0.1) is 0 Å². The minimum Gasteiger partial charge on any atom is -0.344 e. The van der Waals surface area contributed by atoms with Crippen molar-refractivity contribution >= 4 is 49.6 Å². The molecular weight excluding hydrogens is 811 g/mol. The SMILES string of the molecule is C1=CC2c3ccc(-c4ccc5c(c4)c4ccccc4c4cccc(-c6cccc(C7=NC(c8ccccc8)NC(c8ccccc8)=N7)c6)c45)cc3C3(C4=C(CCC=C4)c4ccccc43)C2C=C1.